The molecule has 0 amide bonds. The Morgan fingerprint density at radius 1 is 1.11 bits per heavy atom. The summed E-state index contributed by atoms with van der Waals surface area (Å²) in [5, 5.41) is 13.2. The quantitative estimate of drug-likeness (QED) is 0.749. The molecular formula is C14H20F3NO. The lowest BCUT2D eigenvalue weighted by Crippen LogP contribution is -2.35. The van der Waals surface area contributed by atoms with Gasteiger partial charge in [-0.2, -0.15) is 13.2 Å². The smallest absolute Gasteiger partial charge is 0.384 e. The Balaban J connectivity index is 2.22. The van der Waals surface area contributed by atoms with Crippen LogP contribution in [0.5, 0.6) is 0 Å². The average molecular weight is 275 g/mol. The van der Waals surface area contributed by atoms with E-state index in [1.807, 2.05) is 30.3 Å². The molecule has 0 aromatic heterocycles. The first-order valence-corrected chi connectivity index (χ1v) is 6.37. The number of benzene rings is 1. The Morgan fingerprint density at radius 2 is 1.74 bits per heavy atom. The standard InChI is InChI=1S/C14H20F3NO/c1-13(19,12-7-3-2-4-8-12)11-18-10-6-5-9-14(15,16)17/h2-4,7-8,18-19H,5-6,9-11H2,1H3. The van der Waals surface area contributed by atoms with Gasteiger partial charge in [0.1, 0.15) is 0 Å². The van der Waals surface area contributed by atoms with Crippen LogP contribution in [0.3, 0.4) is 0 Å². The Bertz CT molecular complexity index is 363. The van der Waals surface area contributed by atoms with Crippen LogP contribution in [0.15, 0.2) is 30.3 Å². The largest absolute Gasteiger partial charge is 0.389 e. The highest BCUT2D eigenvalue weighted by atomic mass is 19.4. The molecule has 0 radical (unpaired) electrons. The summed E-state index contributed by atoms with van der Waals surface area (Å²) in [6.07, 6.45) is -4.26. The molecule has 0 aliphatic heterocycles. The van der Waals surface area contributed by atoms with E-state index >= 15 is 0 Å². The van der Waals surface area contributed by atoms with Crippen molar-refractivity contribution in [2.24, 2.45) is 0 Å². The van der Waals surface area contributed by atoms with Crippen LogP contribution in [0.1, 0.15) is 31.7 Å². The van der Waals surface area contributed by atoms with Gasteiger partial charge in [-0.25, -0.2) is 0 Å². The van der Waals surface area contributed by atoms with Gasteiger partial charge in [-0.1, -0.05) is 30.3 Å². The molecule has 0 heterocycles. The monoisotopic (exact) mass is 275 g/mol. The van der Waals surface area contributed by atoms with Gasteiger partial charge in [-0.3, -0.25) is 0 Å². The van der Waals surface area contributed by atoms with E-state index in [0.29, 0.717) is 19.5 Å². The predicted molar refractivity (Wildman–Crippen MR) is 68.8 cm³/mol. The molecule has 0 bridgehead atoms. The Labute approximate surface area is 111 Å². The SMILES string of the molecule is CC(O)(CNCCCCC(F)(F)F)c1ccccc1. The summed E-state index contributed by atoms with van der Waals surface area (Å²) in [7, 11) is 0. The molecule has 108 valence electrons. The van der Waals surface area contributed by atoms with Crippen molar-refractivity contribution in [1.29, 1.82) is 0 Å². The molecule has 0 saturated carbocycles. The molecule has 0 aliphatic rings. The van der Waals surface area contributed by atoms with Crippen molar-refractivity contribution in [2.75, 3.05) is 13.1 Å². The lowest BCUT2D eigenvalue weighted by atomic mass is 9.96. The molecule has 0 spiro atoms. The van der Waals surface area contributed by atoms with Gasteiger partial charge in [0.25, 0.3) is 0 Å². The van der Waals surface area contributed by atoms with Crippen LogP contribution < -0.4 is 5.32 Å². The number of hydrogen-bond donors (Lipinski definition) is 2. The van der Waals surface area contributed by atoms with E-state index in [1.165, 1.54) is 0 Å². The lowest BCUT2D eigenvalue weighted by Gasteiger charge is -2.24. The summed E-state index contributed by atoms with van der Waals surface area (Å²) in [6, 6.07) is 9.20. The molecule has 2 N–H and O–H groups in total. The number of halogens is 3. The highest BCUT2D eigenvalue weighted by Crippen LogP contribution is 2.22. The second kappa shape index (κ2) is 6.91. The van der Waals surface area contributed by atoms with E-state index in [0.717, 1.165) is 5.56 Å². The van der Waals surface area contributed by atoms with Crippen LogP contribution >= 0.6 is 0 Å². The fraction of sp³-hybridized carbons (Fsp3) is 0.571. The summed E-state index contributed by atoms with van der Waals surface area (Å²) in [5.41, 5.74) is -0.219. The number of rotatable bonds is 7. The Kier molecular flexibility index (Phi) is 5.82. The molecule has 0 aliphatic carbocycles. The molecule has 0 saturated heterocycles. The molecule has 1 atom stereocenters. The molecule has 0 fully saturated rings. The summed E-state index contributed by atoms with van der Waals surface area (Å²) in [6.45, 7) is 2.48. The fourth-order valence-corrected chi connectivity index (χ4v) is 1.81. The van der Waals surface area contributed by atoms with Crippen LogP contribution in [0, 0.1) is 0 Å². The maximum absolute atomic E-state index is 11.9. The van der Waals surface area contributed by atoms with Crippen LogP contribution in [0.4, 0.5) is 13.2 Å². The second-order valence-electron chi connectivity index (χ2n) is 4.89. The van der Waals surface area contributed by atoms with Crippen molar-refractivity contribution in [1.82, 2.24) is 5.32 Å². The van der Waals surface area contributed by atoms with Crippen molar-refractivity contribution >= 4 is 0 Å². The van der Waals surface area contributed by atoms with E-state index < -0.39 is 18.2 Å². The van der Waals surface area contributed by atoms with Crippen LogP contribution in [-0.2, 0) is 5.60 Å². The van der Waals surface area contributed by atoms with E-state index in [-0.39, 0.29) is 6.42 Å². The molecule has 5 heteroatoms. The summed E-state index contributed by atoms with van der Waals surface area (Å²) >= 11 is 0. The first-order valence-electron chi connectivity index (χ1n) is 6.37. The highest BCUT2D eigenvalue weighted by molar-refractivity contribution is 5.21. The minimum atomic E-state index is -4.07. The van der Waals surface area contributed by atoms with Crippen LogP contribution in [0.2, 0.25) is 0 Å². The minimum absolute atomic E-state index is 0.115. The van der Waals surface area contributed by atoms with Gasteiger partial charge in [0.05, 0.1) is 5.60 Å². The zero-order chi connectivity index (χ0) is 14.4. The number of aliphatic hydroxyl groups is 1. The van der Waals surface area contributed by atoms with Gasteiger partial charge in [-0.05, 0) is 31.9 Å². The third-order valence-electron chi connectivity index (χ3n) is 2.93. The number of hydrogen-bond acceptors (Lipinski definition) is 2. The van der Waals surface area contributed by atoms with Gasteiger partial charge >= 0.3 is 6.18 Å². The van der Waals surface area contributed by atoms with Crippen LogP contribution in [-0.4, -0.2) is 24.4 Å². The maximum Gasteiger partial charge on any atom is 0.389 e. The molecule has 1 aromatic rings. The van der Waals surface area contributed by atoms with E-state index in [4.69, 9.17) is 0 Å². The number of nitrogens with one attached hydrogen (secondary N) is 1. The predicted octanol–water partition coefficient (Wildman–Crippen LogP) is 3.22. The van der Waals surface area contributed by atoms with Gasteiger partial charge in [0.15, 0.2) is 0 Å². The minimum Gasteiger partial charge on any atom is -0.384 e. The third kappa shape index (κ3) is 6.59. The van der Waals surface area contributed by atoms with E-state index in [2.05, 4.69) is 5.32 Å². The van der Waals surface area contributed by atoms with Crippen molar-refractivity contribution in [3.05, 3.63) is 35.9 Å². The van der Waals surface area contributed by atoms with Crippen molar-refractivity contribution < 1.29 is 18.3 Å². The molecule has 1 rings (SSSR count). The van der Waals surface area contributed by atoms with Crippen molar-refractivity contribution in [3.63, 3.8) is 0 Å². The van der Waals surface area contributed by atoms with Gasteiger partial charge in [-0.15, -0.1) is 0 Å². The van der Waals surface area contributed by atoms with Gasteiger partial charge in [0.2, 0.25) is 0 Å². The highest BCUT2D eigenvalue weighted by Gasteiger charge is 2.26. The van der Waals surface area contributed by atoms with Crippen molar-refractivity contribution in [3.8, 4) is 0 Å². The van der Waals surface area contributed by atoms with Gasteiger partial charge in [0, 0.05) is 13.0 Å². The normalized spacial score (nSPS) is 15.2. The van der Waals surface area contributed by atoms with Crippen LogP contribution in [0.25, 0.3) is 0 Å². The zero-order valence-corrected chi connectivity index (χ0v) is 11.0. The number of unbranched alkanes of at least 4 members (excludes halogenated alkanes) is 1. The topological polar surface area (TPSA) is 32.3 Å². The first-order chi connectivity index (χ1) is 8.81. The fourth-order valence-electron chi connectivity index (χ4n) is 1.81. The first kappa shape index (κ1) is 16.0. The lowest BCUT2D eigenvalue weighted by molar-refractivity contribution is -0.135. The maximum atomic E-state index is 11.9. The molecule has 1 aromatic carbocycles. The molecule has 19 heavy (non-hydrogen) atoms. The number of alkyl halides is 3. The molecule has 1 unspecified atom stereocenters. The Hall–Kier alpha value is -1.07. The Morgan fingerprint density at radius 3 is 2.32 bits per heavy atom. The summed E-state index contributed by atoms with van der Waals surface area (Å²) < 4.78 is 35.7. The van der Waals surface area contributed by atoms with Gasteiger partial charge < -0.3 is 10.4 Å². The average Bonchev–Trinajstić information content (AvgIpc) is 2.33. The summed E-state index contributed by atoms with van der Waals surface area (Å²) in [5.74, 6) is 0. The van der Waals surface area contributed by atoms with E-state index in [9.17, 15) is 18.3 Å². The zero-order valence-electron chi connectivity index (χ0n) is 11.0. The summed E-state index contributed by atoms with van der Waals surface area (Å²) in [4.78, 5) is 0. The van der Waals surface area contributed by atoms with E-state index in [1.54, 1.807) is 6.92 Å². The van der Waals surface area contributed by atoms with Crippen molar-refractivity contribution in [2.45, 2.75) is 38.0 Å². The second-order valence-corrected chi connectivity index (χ2v) is 4.89. The third-order valence-corrected chi connectivity index (χ3v) is 2.93. The molecule has 2 nitrogen and oxygen atoms in total. The molecular weight excluding hydrogens is 255 g/mol.